The molecule has 1 aromatic heterocycles. The quantitative estimate of drug-likeness (QED) is 0.801. The van der Waals surface area contributed by atoms with Gasteiger partial charge in [-0.1, -0.05) is 11.6 Å². The van der Waals surface area contributed by atoms with E-state index in [1.165, 1.54) is 0 Å². The number of nitrogens with one attached hydrogen (secondary N) is 1. The third-order valence-corrected chi connectivity index (χ3v) is 1.95. The highest BCUT2D eigenvalue weighted by Gasteiger charge is 2.05. The second kappa shape index (κ2) is 3.22. The van der Waals surface area contributed by atoms with E-state index in [4.69, 9.17) is 16.3 Å². The fraction of sp³-hybridized carbons (Fsp3) is 0.250. The number of ether oxygens (including phenoxy) is 1. The summed E-state index contributed by atoms with van der Waals surface area (Å²) in [6.45, 7) is 2.53. The van der Waals surface area contributed by atoms with E-state index in [1.54, 1.807) is 12.1 Å². The van der Waals surface area contributed by atoms with Gasteiger partial charge in [-0.05, 0) is 6.92 Å². The zero-order valence-electron chi connectivity index (χ0n) is 7.04. The van der Waals surface area contributed by atoms with Gasteiger partial charge in [0.1, 0.15) is 16.8 Å². The molecule has 13 heavy (non-hydrogen) atoms. The number of nitrogens with zero attached hydrogens (tertiary/aromatic N) is 2. The lowest BCUT2D eigenvalue weighted by molar-refractivity contribution is 0.340. The second-order valence-electron chi connectivity index (χ2n) is 2.53. The van der Waals surface area contributed by atoms with Gasteiger partial charge in [0.05, 0.1) is 11.6 Å². The number of benzene rings is 1. The van der Waals surface area contributed by atoms with Gasteiger partial charge in [-0.15, -0.1) is 0 Å². The Morgan fingerprint density at radius 3 is 3.08 bits per heavy atom. The van der Waals surface area contributed by atoms with Gasteiger partial charge in [0, 0.05) is 12.1 Å². The molecular formula is C8H8ClN3O. The SMILES string of the molecule is CCOc1cc(Cl)c2n[nH]nc2c1. The van der Waals surface area contributed by atoms with Crippen molar-refractivity contribution in [3.05, 3.63) is 17.2 Å². The zero-order valence-corrected chi connectivity index (χ0v) is 7.80. The summed E-state index contributed by atoms with van der Waals surface area (Å²) in [5.41, 5.74) is 1.39. The minimum atomic E-state index is 0.551. The molecule has 0 unspecified atom stereocenters. The number of aromatic nitrogens is 3. The molecule has 0 aliphatic carbocycles. The predicted molar refractivity (Wildman–Crippen MR) is 50.1 cm³/mol. The van der Waals surface area contributed by atoms with Crippen LogP contribution in [0.3, 0.4) is 0 Å². The molecule has 4 nitrogen and oxygen atoms in total. The van der Waals surface area contributed by atoms with Gasteiger partial charge in [-0.3, -0.25) is 0 Å². The van der Waals surface area contributed by atoms with Crippen molar-refractivity contribution in [2.45, 2.75) is 6.92 Å². The van der Waals surface area contributed by atoms with Crippen molar-refractivity contribution < 1.29 is 4.74 Å². The summed E-state index contributed by atoms with van der Waals surface area (Å²) in [6, 6.07) is 3.53. The molecule has 0 bridgehead atoms. The van der Waals surface area contributed by atoms with Crippen molar-refractivity contribution in [2.24, 2.45) is 0 Å². The normalized spacial score (nSPS) is 10.6. The summed E-state index contributed by atoms with van der Waals surface area (Å²) >= 11 is 5.94. The Balaban J connectivity index is 2.56. The lowest BCUT2D eigenvalue weighted by atomic mass is 10.3. The first-order chi connectivity index (χ1) is 6.31. The Bertz CT molecular complexity index is 426. The predicted octanol–water partition coefficient (Wildman–Crippen LogP) is 2.01. The maximum atomic E-state index is 5.94. The second-order valence-corrected chi connectivity index (χ2v) is 2.94. The van der Waals surface area contributed by atoms with Gasteiger partial charge in [0.2, 0.25) is 0 Å². The van der Waals surface area contributed by atoms with Crippen LogP contribution in [0.1, 0.15) is 6.92 Å². The monoisotopic (exact) mass is 197 g/mol. The number of halogens is 1. The number of hydrogen-bond donors (Lipinski definition) is 1. The first-order valence-electron chi connectivity index (χ1n) is 3.94. The van der Waals surface area contributed by atoms with Crippen LogP contribution in [-0.4, -0.2) is 22.0 Å². The summed E-state index contributed by atoms with van der Waals surface area (Å²) in [6.07, 6.45) is 0. The molecule has 0 fully saturated rings. The molecule has 0 atom stereocenters. The Morgan fingerprint density at radius 2 is 2.31 bits per heavy atom. The summed E-state index contributed by atoms with van der Waals surface area (Å²) in [5.74, 6) is 0.717. The number of aromatic amines is 1. The maximum absolute atomic E-state index is 5.94. The van der Waals surface area contributed by atoms with Crippen molar-refractivity contribution in [3.63, 3.8) is 0 Å². The highest BCUT2D eigenvalue weighted by atomic mass is 35.5. The zero-order chi connectivity index (χ0) is 9.26. The molecule has 0 aliphatic heterocycles. The standard InChI is InChI=1S/C8H8ClN3O/c1-2-13-5-3-6(9)8-7(4-5)10-12-11-8/h3-4H,2H2,1H3,(H,10,11,12). The fourth-order valence-corrected chi connectivity index (χ4v) is 1.38. The summed E-state index contributed by atoms with van der Waals surface area (Å²) < 4.78 is 5.30. The van der Waals surface area contributed by atoms with E-state index in [-0.39, 0.29) is 0 Å². The minimum absolute atomic E-state index is 0.551. The van der Waals surface area contributed by atoms with Gasteiger partial charge in [-0.2, -0.15) is 15.4 Å². The molecule has 5 heteroatoms. The van der Waals surface area contributed by atoms with E-state index >= 15 is 0 Å². The van der Waals surface area contributed by atoms with E-state index in [0.29, 0.717) is 22.9 Å². The average Bonchev–Trinajstić information content (AvgIpc) is 2.53. The lowest BCUT2D eigenvalue weighted by Crippen LogP contribution is -1.91. The summed E-state index contributed by atoms with van der Waals surface area (Å²) in [5, 5.41) is 10.9. The van der Waals surface area contributed by atoms with Crippen molar-refractivity contribution in [1.82, 2.24) is 15.4 Å². The molecule has 2 rings (SSSR count). The topological polar surface area (TPSA) is 50.8 Å². The molecule has 0 spiro atoms. The van der Waals surface area contributed by atoms with E-state index in [9.17, 15) is 0 Å². The lowest BCUT2D eigenvalue weighted by Gasteiger charge is -2.02. The molecular weight excluding hydrogens is 190 g/mol. The van der Waals surface area contributed by atoms with Crippen molar-refractivity contribution in [1.29, 1.82) is 0 Å². The summed E-state index contributed by atoms with van der Waals surface area (Å²) in [7, 11) is 0. The van der Waals surface area contributed by atoms with Crippen LogP contribution in [0.25, 0.3) is 11.0 Å². The average molecular weight is 198 g/mol. The highest BCUT2D eigenvalue weighted by Crippen LogP contribution is 2.25. The van der Waals surface area contributed by atoms with Crippen LogP contribution in [0, 0.1) is 0 Å². The molecule has 0 saturated heterocycles. The first-order valence-corrected chi connectivity index (χ1v) is 4.32. The van der Waals surface area contributed by atoms with E-state index in [1.807, 2.05) is 6.92 Å². The highest BCUT2D eigenvalue weighted by molar-refractivity contribution is 6.35. The van der Waals surface area contributed by atoms with Gasteiger partial charge in [-0.25, -0.2) is 0 Å². The Kier molecular flexibility index (Phi) is 2.06. The van der Waals surface area contributed by atoms with E-state index < -0.39 is 0 Å². The molecule has 2 aromatic rings. The number of fused-ring (bicyclic) bond motifs is 1. The van der Waals surface area contributed by atoms with Crippen LogP contribution < -0.4 is 4.74 Å². The molecule has 1 heterocycles. The Morgan fingerprint density at radius 1 is 1.46 bits per heavy atom. The number of H-pyrrole nitrogens is 1. The van der Waals surface area contributed by atoms with Crippen LogP contribution in [0.2, 0.25) is 5.02 Å². The van der Waals surface area contributed by atoms with Gasteiger partial charge in [0.25, 0.3) is 0 Å². The van der Waals surface area contributed by atoms with Crippen LogP contribution >= 0.6 is 11.6 Å². The minimum Gasteiger partial charge on any atom is -0.494 e. The Labute approximate surface area is 79.8 Å². The molecule has 0 saturated carbocycles. The van der Waals surface area contributed by atoms with Crippen LogP contribution in [0.5, 0.6) is 5.75 Å². The molecule has 68 valence electrons. The van der Waals surface area contributed by atoms with Gasteiger partial charge >= 0.3 is 0 Å². The van der Waals surface area contributed by atoms with Gasteiger partial charge in [0.15, 0.2) is 0 Å². The maximum Gasteiger partial charge on any atom is 0.131 e. The fourth-order valence-electron chi connectivity index (χ4n) is 1.14. The van der Waals surface area contributed by atoms with E-state index in [2.05, 4.69) is 15.4 Å². The van der Waals surface area contributed by atoms with E-state index in [0.717, 1.165) is 5.52 Å². The molecule has 1 N–H and O–H groups in total. The van der Waals surface area contributed by atoms with Crippen molar-refractivity contribution in [2.75, 3.05) is 6.61 Å². The molecule has 1 aromatic carbocycles. The van der Waals surface area contributed by atoms with Gasteiger partial charge < -0.3 is 4.74 Å². The van der Waals surface area contributed by atoms with Crippen LogP contribution in [0.4, 0.5) is 0 Å². The van der Waals surface area contributed by atoms with Crippen LogP contribution in [-0.2, 0) is 0 Å². The first kappa shape index (κ1) is 8.31. The van der Waals surface area contributed by atoms with Crippen molar-refractivity contribution in [3.8, 4) is 5.75 Å². The number of hydrogen-bond acceptors (Lipinski definition) is 3. The van der Waals surface area contributed by atoms with Crippen molar-refractivity contribution >= 4 is 22.6 Å². The largest absolute Gasteiger partial charge is 0.494 e. The molecule has 0 amide bonds. The third kappa shape index (κ3) is 1.45. The van der Waals surface area contributed by atoms with Crippen LogP contribution in [0.15, 0.2) is 12.1 Å². The summed E-state index contributed by atoms with van der Waals surface area (Å²) in [4.78, 5) is 0. The smallest absolute Gasteiger partial charge is 0.131 e. The third-order valence-electron chi connectivity index (χ3n) is 1.66. The Hall–Kier alpha value is -1.29. The molecule has 0 aliphatic rings. The molecule has 0 radical (unpaired) electrons. The number of rotatable bonds is 2.